The van der Waals surface area contributed by atoms with Crippen LogP contribution in [0, 0.1) is 0 Å². The van der Waals surface area contributed by atoms with Crippen molar-refractivity contribution in [1.82, 2.24) is 15.5 Å². The Morgan fingerprint density at radius 2 is 1.90 bits per heavy atom. The number of halogens is 3. The van der Waals surface area contributed by atoms with Crippen molar-refractivity contribution in [3.63, 3.8) is 0 Å². The molecule has 0 radical (unpaired) electrons. The highest BCUT2D eigenvalue weighted by Crippen LogP contribution is 2.34. The van der Waals surface area contributed by atoms with Gasteiger partial charge >= 0.3 is 12.2 Å². The molecule has 0 aliphatic heterocycles. The second kappa shape index (κ2) is 4.62. The summed E-state index contributed by atoms with van der Waals surface area (Å²) in [6, 6.07) is 0.860. The Labute approximate surface area is 110 Å². The monoisotopic (exact) mass is 289 g/mol. The minimum atomic E-state index is -4.60. The molecule has 3 amide bonds. The molecule has 1 aliphatic carbocycles. The molecule has 0 aromatic carbocycles. The van der Waals surface area contributed by atoms with E-state index in [1.165, 1.54) is 0 Å². The second-order valence-electron chi connectivity index (χ2n) is 4.33. The van der Waals surface area contributed by atoms with Gasteiger partial charge in [-0.05, 0) is 25.0 Å². The van der Waals surface area contributed by atoms with Gasteiger partial charge in [0.25, 0.3) is 0 Å². The van der Waals surface area contributed by atoms with Gasteiger partial charge in [0, 0.05) is 0 Å². The number of nitrogens with zero attached hydrogens (tertiary/aromatic N) is 2. The van der Waals surface area contributed by atoms with Gasteiger partial charge in [0.05, 0.1) is 0 Å². The van der Waals surface area contributed by atoms with Crippen LogP contribution in [-0.2, 0) is 11.0 Å². The maximum atomic E-state index is 12.2. The molecule has 1 aromatic rings. The molecule has 0 bridgehead atoms. The van der Waals surface area contributed by atoms with Gasteiger partial charge in [-0.15, -0.1) is 10.2 Å². The van der Waals surface area contributed by atoms with E-state index in [2.05, 4.69) is 20.8 Å². The van der Waals surface area contributed by atoms with E-state index >= 15 is 0 Å². The van der Waals surface area contributed by atoms with E-state index in [-0.39, 0.29) is 5.82 Å². The van der Waals surface area contributed by atoms with Crippen molar-refractivity contribution in [2.24, 2.45) is 5.73 Å². The van der Waals surface area contributed by atoms with Crippen LogP contribution < -0.4 is 16.4 Å². The van der Waals surface area contributed by atoms with E-state index in [4.69, 9.17) is 5.73 Å². The molecule has 0 saturated heterocycles. The largest absolute Gasteiger partial charge is 0.435 e. The number of nitrogens with one attached hydrogen (secondary N) is 2. The summed E-state index contributed by atoms with van der Waals surface area (Å²) in [5.74, 6) is -0.832. The number of carbonyl (C=O) groups is 2. The Kier molecular flexibility index (Phi) is 3.24. The summed E-state index contributed by atoms with van der Waals surface area (Å²) in [6.45, 7) is 0. The molecule has 108 valence electrons. The Hall–Kier alpha value is -2.39. The fourth-order valence-corrected chi connectivity index (χ4v) is 1.47. The Bertz CT molecular complexity index is 539. The predicted molar refractivity (Wildman–Crippen MR) is 60.3 cm³/mol. The van der Waals surface area contributed by atoms with E-state index in [9.17, 15) is 22.8 Å². The molecule has 1 saturated carbocycles. The maximum absolute atomic E-state index is 12.2. The number of carbonyl (C=O) groups excluding carboxylic acids is 2. The zero-order chi connectivity index (χ0) is 15.0. The molecule has 1 aromatic heterocycles. The van der Waals surface area contributed by atoms with Crippen LogP contribution in [0.1, 0.15) is 18.5 Å². The average Bonchev–Trinajstić information content (AvgIpc) is 3.09. The molecule has 0 atom stereocenters. The fraction of sp³-hybridized carbons (Fsp3) is 0.400. The smallest absolute Gasteiger partial charge is 0.368 e. The number of urea groups is 1. The van der Waals surface area contributed by atoms with Crippen LogP contribution >= 0.6 is 0 Å². The molecule has 1 heterocycles. The van der Waals surface area contributed by atoms with Crippen molar-refractivity contribution >= 4 is 17.8 Å². The SMILES string of the molecule is NC(=O)C1(NC(=O)Nc2ccc(C(F)(F)F)nn2)CC1. The standard InChI is InChI=1S/C10H10F3N5O2/c11-10(12,13)5-1-2-6(18-17-5)15-8(20)16-9(3-4-9)7(14)19/h1-2H,3-4H2,(H2,14,19)(H2,15,16,18,20). The number of nitrogens with two attached hydrogens (primary N) is 1. The van der Waals surface area contributed by atoms with Gasteiger partial charge in [0.1, 0.15) is 5.54 Å². The molecule has 1 fully saturated rings. The number of primary amides is 1. The highest BCUT2D eigenvalue weighted by molar-refractivity contribution is 5.96. The molecular weight excluding hydrogens is 279 g/mol. The summed E-state index contributed by atoms with van der Waals surface area (Å²) >= 11 is 0. The van der Waals surface area contributed by atoms with E-state index in [0.29, 0.717) is 18.9 Å². The maximum Gasteiger partial charge on any atom is 0.435 e. The number of hydrogen-bond acceptors (Lipinski definition) is 4. The van der Waals surface area contributed by atoms with Crippen molar-refractivity contribution in [2.75, 3.05) is 5.32 Å². The van der Waals surface area contributed by atoms with Gasteiger partial charge in [-0.25, -0.2) is 4.79 Å². The van der Waals surface area contributed by atoms with Gasteiger partial charge in [-0.1, -0.05) is 0 Å². The molecule has 2 rings (SSSR count). The van der Waals surface area contributed by atoms with Crippen molar-refractivity contribution in [3.8, 4) is 0 Å². The van der Waals surface area contributed by atoms with Crippen LogP contribution in [0.3, 0.4) is 0 Å². The molecule has 20 heavy (non-hydrogen) atoms. The summed E-state index contributed by atoms with van der Waals surface area (Å²) in [7, 11) is 0. The lowest BCUT2D eigenvalue weighted by molar-refractivity contribution is -0.141. The van der Waals surface area contributed by atoms with E-state index in [0.717, 1.165) is 6.07 Å². The molecule has 10 heteroatoms. The third-order valence-corrected chi connectivity index (χ3v) is 2.77. The number of anilines is 1. The number of rotatable bonds is 3. The summed E-state index contributed by atoms with van der Waals surface area (Å²) in [5, 5.41) is 10.7. The van der Waals surface area contributed by atoms with Crippen LogP contribution in [0.25, 0.3) is 0 Å². The van der Waals surface area contributed by atoms with Crippen LogP contribution in [-0.4, -0.2) is 27.7 Å². The van der Waals surface area contributed by atoms with Crippen LogP contribution in [0.4, 0.5) is 23.8 Å². The Balaban J connectivity index is 1.97. The fourth-order valence-electron chi connectivity index (χ4n) is 1.47. The molecule has 0 unspecified atom stereocenters. The van der Waals surface area contributed by atoms with Crippen molar-refractivity contribution < 1.29 is 22.8 Å². The number of alkyl halides is 3. The third-order valence-electron chi connectivity index (χ3n) is 2.77. The van der Waals surface area contributed by atoms with Gasteiger partial charge in [-0.3, -0.25) is 10.1 Å². The van der Waals surface area contributed by atoms with Gasteiger partial charge in [0.2, 0.25) is 5.91 Å². The quantitative estimate of drug-likeness (QED) is 0.758. The van der Waals surface area contributed by atoms with E-state index in [1.807, 2.05) is 0 Å². The van der Waals surface area contributed by atoms with Crippen LogP contribution in [0.5, 0.6) is 0 Å². The Morgan fingerprint density at radius 1 is 1.25 bits per heavy atom. The second-order valence-corrected chi connectivity index (χ2v) is 4.33. The van der Waals surface area contributed by atoms with Crippen molar-refractivity contribution in [1.29, 1.82) is 0 Å². The lowest BCUT2D eigenvalue weighted by atomic mass is 10.2. The number of aromatic nitrogens is 2. The van der Waals surface area contributed by atoms with Crippen LogP contribution in [0.15, 0.2) is 12.1 Å². The van der Waals surface area contributed by atoms with Crippen molar-refractivity contribution in [3.05, 3.63) is 17.8 Å². The highest BCUT2D eigenvalue weighted by Gasteiger charge is 2.50. The lowest BCUT2D eigenvalue weighted by Crippen LogP contribution is -2.48. The Morgan fingerprint density at radius 3 is 2.30 bits per heavy atom. The number of amides is 3. The molecule has 1 aliphatic rings. The minimum absolute atomic E-state index is 0.171. The highest BCUT2D eigenvalue weighted by atomic mass is 19.4. The first-order valence-electron chi connectivity index (χ1n) is 5.53. The van der Waals surface area contributed by atoms with Crippen LogP contribution in [0.2, 0.25) is 0 Å². The molecule has 7 nitrogen and oxygen atoms in total. The topological polar surface area (TPSA) is 110 Å². The molecular formula is C10H10F3N5O2. The summed E-state index contributed by atoms with van der Waals surface area (Å²) in [5.41, 5.74) is 2.87. The first-order chi connectivity index (χ1) is 9.23. The summed E-state index contributed by atoms with van der Waals surface area (Å²) < 4.78 is 36.7. The molecule has 0 spiro atoms. The lowest BCUT2D eigenvalue weighted by Gasteiger charge is -2.13. The van der Waals surface area contributed by atoms with Gasteiger partial charge in [0.15, 0.2) is 11.5 Å². The van der Waals surface area contributed by atoms with Gasteiger partial charge < -0.3 is 11.1 Å². The van der Waals surface area contributed by atoms with E-state index < -0.39 is 29.3 Å². The first-order valence-corrected chi connectivity index (χ1v) is 5.53. The predicted octanol–water partition coefficient (Wildman–Crippen LogP) is 0.635. The third kappa shape index (κ3) is 2.95. The summed E-state index contributed by atoms with van der Waals surface area (Å²) in [6.07, 6.45) is -3.75. The van der Waals surface area contributed by atoms with Crippen molar-refractivity contribution in [2.45, 2.75) is 24.6 Å². The normalized spacial score (nSPS) is 16.4. The minimum Gasteiger partial charge on any atom is -0.368 e. The summed E-state index contributed by atoms with van der Waals surface area (Å²) in [4.78, 5) is 22.6. The number of hydrogen-bond donors (Lipinski definition) is 3. The molecule has 4 N–H and O–H groups in total. The first kappa shape index (κ1) is 14.0. The zero-order valence-corrected chi connectivity index (χ0v) is 9.99. The van der Waals surface area contributed by atoms with E-state index in [1.54, 1.807) is 0 Å². The zero-order valence-electron chi connectivity index (χ0n) is 9.99. The average molecular weight is 289 g/mol. The van der Waals surface area contributed by atoms with Gasteiger partial charge in [-0.2, -0.15) is 13.2 Å².